The van der Waals surface area contributed by atoms with E-state index in [0.29, 0.717) is 41.4 Å². The van der Waals surface area contributed by atoms with Gasteiger partial charge in [-0.3, -0.25) is 14.4 Å². The lowest BCUT2D eigenvalue weighted by Gasteiger charge is -2.42. The van der Waals surface area contributed by atoms with Crippen molar-refractivity contribution < 1.29 is 28.6 Å². The van der Waals surface area contributed by atoms with Crippen molar-refractivity contribution in [2.24, 2.45) is 0 Å². The van der Waals surface area contributed by atoms with E-state index in [1.54, 1.807) is 36.2 Å². The quantitative estimate of drug-likeness (QED) is 0.587. The van der Waals surface area contributed by atoms with Crippen LogP contribution in [0.3, 0.4) is 0 Å². The third kappa shape index (κ3) is 6.16. The molecule has 2 aliphatic heterocycles. The number of methoxy groups -OCH3 is 1. The van der Waals surface area contributed by atoms with Crippen molar-refractivity contribution in [3.63, 3.8) is 0 Å². The molecule has 1 fully saturated rings. The Hall–Kier alpha value is -3.14. The minimum Gasteiger partial charge on any atom is -0.490 e. The average molecular weight is 516 g/mol. The number of halogens is 1. The third-order valence-electron chi connectivity index (χ3n) is 6.42. The second-order valence-electron chi connectivity index (χ2n) is 8.93. The van der Waals surface area contributed by atoms with Gasteiger partial charge < -0.3 is 29.7 Å². The first-order valence-corrected chi connectivity index (χ1v) is 12.2. The summed E-state index contributed by atoms with van der Waals surface area (Å²) in [7, 11) is 3.18. The molecule has 192 valence electrons. The van der Waals surface area contributed by atoms with Gasteiger partial charge in [0.05, 0.1) is 24.1 Å². The lowest BCUT2D eigenvalue weighted by molar-refractivity contribution is -0.134. The van der Waals surface area contributed by atoms with Crippen molar-refractivity contribution in [2.45, 2.75) is 44.1 Å². The molecule has 0 aromatic heterocycles. The Morgan fingerprint density at radius 2 is 1.97 bits per heavy atom. The van der Waals surface area contributed by atoms with Crippen LogP contribution < -0.4 is 15.4 Å². The molecule has 0 bridgehead atoms. The number of carbonyl (C=O) groups excluding carboxylic acids is 3. The predicted molar refractivity (Wildman–Crippen MR) is 134 cm³/mol. The van der Waals surface area contributed by atoms with Crippen molar-refractivity contribution in [3.05, 3.63) is 58.6 Å². The van der Waals surface area contributed by atoms with Gasteiger partial charge in [0.15, 0.2) is 0 Å². The summed E-state index contributed by atoms with van der Waals surface area (Å²) < 4.78 is 17.0. The first-order valence-electron chi connectivity index (χ1n) is 11.8. The summed E-state index contributed by atoms with van der Waals surface area (Å²) in [4.78, 5) is 39.4. The van der Waals surface area contributed by atoms with Crippen LogP contribution in [0.4, 0.5) is 5.69 Å². The summed E-state index contributed by atoms with van der Waals surface area (Å²) in [5, 5.41) is 6.22. The molecule has 3 atom stereocenters. The molecule has 2 aromatic rings. The maximum absolute atomic E-state index is 13.3. The molecule has 3 amide bonds. The Labute approximate surface area is 215 Å². The average Bonchev–Trinajstić information content (AvgIpc) is 2.86. The first kappa shape index (κ1) is 25.9. The number of benzene rings is 2. The van der Waals surface area contributed by atoms with E-state index in [-0.39, 0.29) is 55.6 Å². The summed E-state index contributed by atoms with van der Waals surface area (Å²) in [6.07, 6.45) is 0.883. The number of hydrogen-bond acceptors (Lipinski definition) is 6. The number of nitrogens with one attached hydrogen (secondary N) is 2. The van der Waals surface area contributed by atoms with Gasteiger partial charge in [0, 0.05) is 31.4 Å². The van der Waals surface area contributed by atoms with Gasteiger partial charge in [-0.1, -0.05) is 29.8 Å². The van der Waals surface area contributed by atoms with E-state index in [1.165, 1.54) is 7.11 Å². The molecule has 0 unspecified atom stereocenters. The Kier molecular flexibility index (Phi) is 8.45. The number of amides is 3. The molecule has 10 heteroatoms. The predicted octanol–water partition coefficient (Wildman–Crippen LogP) is 3.01. The van der Waals surface area contributed by atoms with Crippen LogP contribution in [0.25, 0.3) is 0 Å². The van der Waals surface area contributed by atoms with Crippen molar-refractivity contribution in [1.82, 2.24) is 10.2 Å². The number of hydrogen-bond donors (Lipinski definition) is 2. The maximum atomic E-state index is 13.3. The van der Waals surface area contributed by atoms with E-state index in [1.807, 2.05) is 18.2 Å². The van der Waals surface area contributed by atoms with Gasteiger partial charge in [-0.25, -0.2) is 0 Å². The molecule has 1 saturated heterocycles. The number of fused-ring (bicyclic) bond motifs is 2. The van der Waals surface area contributed by atoms with E-state index < -0.39 is 0 Å². The van der Waals surface area contributed by atoms with Gasteiger partial charge in [0.25, 0.3) is 5.91 Å². The Morgan fingerprint density at radius 1 is 1.17 bits per heavy atom. The Bertz CT molecular complexity index is 1130. The molecule has 2 aliphatic rings. The first-order chi connectivity index (χ1) is 17.4. The molecule has 4 rings (SSSR count). The van der Waals surface area contributed by atoms with Gasteiger partial charge in [0.1, 0.15) is 25.1 Å². The number of nitrogens with zero attached hydrogens (tertiary/aromatic N) is 1. The van der Waals surface area contributed by atoms with Crippen LogP contribution in [0.2, 0.25) is 5.02 Å². The van der Waals surface area contributed by atoms with E-state index in [2.05, 4.69) is 10.6 Å². The van der Waals surface area contributed by atoms with Crippen molar-refractivity contribution in [3.8, 4) is 5.75 Å². The molecule has 0 saturated carbocycles. The van der Waals surface area contributed by atoms with Crippen LogP contribution >= 0.6 is 11.6 Å². The molecule has 9 nitrogen and oxygen atoms in total. The van der Waals surface area contributed by atoms with Crippen molar-refractivity contribution in [1.29, 1.82) is 0 Å². The molecular formula is C26H30ClN3O6. The van der Waals surface area contributed by atoms with Crippen molar-refractivity contribution >= 4 is 35.0 Å². The molecule has 2 N–H and O–H groups in total. The lowest BCUT2D eigenvalue weighted by Crippen LogP contribution is -2.53. The zero-order chi connectivity index (χ0) is 25.7. The second-order valence-corrected chi connectivity index (χ2v) is 9.34. The highest BCUT2D eigenvalue weighted by atomic mass is 35.5. The minimum absolute atomic E-state index is 0.0816. The van der Waals surface area contributed by atoms with Crippen LogP contribution in [-0.4, -0.2) is 68.2 Å². The summed E-state index contributed by atoms with van der Waals surface area (Å²) in [6.45, 7) is 0.506. The number of carbonyl (C=O) groups is 3. The fourth-order valence-corrected chi connectivity index (χ4v) is 4.75. The van der Waals surface area contributed by atoms with Gasteiger partial charge in [-0.05, 0) is 42.7 Å². The summed E-state index contributed by atoms with van der Waals surface area (Å²) in [5.41, 5.74) is 1.71. The molecule has 2 heterocycles. The van der Waals surface area contributed by atoms with E-state index in [0.717, 1.165) is 5.56 Å². The zero-order valence-electron chi connectivity index (χ0n) is 20.3. The van der Waals surface area contributed by atoms with Crippen LogP contribution in [0, 0.1) is 0 Å². The fraction of sp³-hybridized carbons (Fsp3) is 0.423. The molecule has 0 aliphatic carbocycles. The van der Waals surface area contributed by atoms with Crippen molar-refractivity contribution in [2.75, 3.05) is 32.7 Å². The highest BCUT2D eigenvalue weighted by Crippen LogP contribution is 2.32. The highest BCUT2D eigenvalue weighted by Gasteiger charge is 2.39. The summed E-state index contributed by atoms with van der Waals surface area (Å²) in [6, 6.07) is 12.1. The highest BCUT2D eigenvalue weighted by molar-refractivity contribution is 6.31. The molecule has 0 radical (unpaired) electrons. The fourth-order valence-electron chi connectivity index (χ4n) is 4.55. The summed E-state index contributed by atoms with van der Waals surface area (Å²) in [5.74, 6) is -0.240. The van der Waals surface area contributed by atoms with Crippen LogP contribution in [0.5, 0.6) is 5.75 Å². The second kappa shape index (κ2) is 11.7. The standard InChI is InChI=1S/C26H30ClN3O6/c1-30-21-9-8-18(12-24(31)28-13-16-5-3-4-6-20(16)27)36-23(21)14-35-22-10-7-17(11-19(22)26(30)33)29-25(32)15-34-2/h3-7,10-11,18,21,23H,8-9,12-15H2,1-2H3,(H,28,31)(H,29,32)/t18-,21-,23+/m0/s1. The number of likely N-dealkylation sites (N-methyl/N-ethyl adjacent to an activating group) is 1. The maximum Gasteiger partial charge on any atom is 0.257 e. The van der Waals surface area contributed by atoms with E-state index in [4.69, 9.17) is 25.8 Å². The van der Waals surface area contributed by atoms with E-state index >= 15 is 0 Å². The molecule has 2 aromatic carbocycles. The normalized spacial score (nSPS) is 21.4. The topological polar surface area (TPSA) is 106 Å². The van der Waals surface area contributed by atoms with Gasteiger partial charge in [0.2, 0.25) is 11.8 Å². The third-order valence-corrected chi connectivity index (χ3v) is 6.79. The van der Waals surface area contributed by atoms with Gasteiger partial charge in [-0.15, -0.1) is 0 Å². The minimum atomic E-state index is -0.372. The Morgan fingerprint density at radius 3 is 2.75 bits per heavy atom. The molecular weight excluding hydrogens is 486 g/mol. The number of anilines is 1. The van der Waals surface area contributed by atoms with Gasteiger partial charge in [-0.2, -0.15) is 0 Å². The molecule has 0 spiro atoms. The van der Waals surface area contributed by atoms with E-state index in [9.17, 15) is 14.4 Å². The summed E-state index contributed by atoms with van der Waals surface area (Å²) >= 11 is 6.16. The largest absolute Gasteiger partial charge is 0.490 e. The lowest BCUT2D eigenvalue weighted by atomic mass is 9.94. The number of ether oxygens (including phenoxy) is 3. The number of rotatable bonds is 7. The monoisotopic (exact) mass is 515 g/mol. The van der Waals surface area contributed by atoms with Gasteiger partial charge >= 0.3 is 0 Å². The Balaban J connectivity index is 1.38. The SMILES string of the molecule is COCC(=O)Nc1ccc2c(c1)C(=O)N(C)[C@H]1CC[C@@H](CC(=O)NCc3ccccc3Cl)O[C@@H]1CO2. The smallest absolute Gasteiger partial charge is 0.257 e. The van der Waals surface area contributed by atoms with Crippen LogP contribution in [0.1, 0.15) is 35.2 Å². The molecule has 36 heavy (non-hydrogen) atoms. The van der Waals surface area contributed by atoms with Crippen LogP contribution in [-0.2, 0) is 25.6 Å². The van der Waals surface area contributed by atoms with Crippen LogP contribution in [0.15, 0.2) is 42.5 Å². The zero-order valence-corrected chi connectivity index (χ0v) is 21.0.